The van der Waals surface area contributed by atoms with Gasteiger partial charge in [0.1, 0.15) is 0 Å². The summed E-state index contributed by atoms with van der Waals surface area (Å²) in [7, 11) is 0. The number of hydrogen-bond donors (Lipinski definition) is 1. The maximum Gasteiger partial charge on any atom is 0.219 e. The molecular weight excluding hydrogens is 202 g/mol. The van der Waals surface area contributed by atoms with E-state index in [0.717, 1.165) is 31.5 Å². The number of benzene rings is 1. The lowest BCUT2D eigenvalue weighted by Gasteiger charge is -2.17. The lowest BCUT2D eigenvalue weighted by atomic mass is 10.0. The highest BCUT2D eigenvalue weighted by atomic mass is 16.3. The van der Waals surface area contributed by atoms with E-state index in [1.807, 2.05) is 11.0 Å². The molecule has 1 aromatic carbocycles. The third-order valence-electron chi connectivity index (χ3n) is 3.20. The molecule has 0 saturated heterocycles. The Hall–Kier alpha value is -1.35. The van der Waals surface area contributed by atoms with Crippen molar-refractivity contribution < 1.29 is 9.90 Å². The Morgan fingerprint density at radius 1 is 1.31 bits per heavy atom. The van der Waals surface area contributed by atoms with Gasteiger partial charge in [0, 0.05) is 20.0 Å². The smallest absolute Gasteiger partial charge is 0.219 e. The van der Waals surface area contributed by atoms with E-state index in [1.54, 1.807) is 6.92 Å². The molecule has 1 aromatic rings. The van der Waals surface area contributed by atoms with Crippen molar-refractivity contribution in [2.24, 2.45) is 0 Å². The van der Waals surface area contributed by atoms with E-state index in [2.05, 4.69) is 12.1 Å². The highest BCUT2D eigenvalue weighted by Crippen LogP contribution is 2.18. The second-order valence-corrected chi connectivity index (χ2v) is 4.27. The number of aliphatic hydroxyl groups excluding tert-OH is 1. The van der Waals surface area contributed by atoms with Crippen LogP contribution in [0.4, 0.5) is 0 Å². The minimum atomic E-state index is 0.0870. The van der Waals surface area contributed by atoms with Crippen molar-refractivity contribution in [1.29, 1.82) is 0 Å². The van der Waals surface area contributed by atoms with Gasteiger partial charge in [-0.2, -0.15) is 0 Å². The van der Waals surface area contributed by atoms with E-state index in [-0.39, 0.29) is 12.5 Å². The molecule has 0 spiro atoms. The predicted octanol–water partition coefficient (Wildman–Crippen LogP) is 1.13. The molecule has 86 valence electrons. The van der Waals surface area contributed by atoms with Gasteiger partial charge in [-0.05, 0) is 29.5 Å². The van der Waals surface area contributed by atoms with Crippen LogP contribution in [0, 0.1) is 0 Å². The number of carbonyl (C=O) groups excluding carboxylic acids is 1. The van der Waals surface area contributed by atoms with E-state index in [9.17, 15) is 4.79 Å². The summed E-state index contributed by atoms with van der Waals surface area (Å²) >= 11 is 0. The number of carbonyl (C=O) groups is 1. The van der Waals surface area contributed by atoms with Crippen LogP contribution in [0.1, 0.15) is 23.6 Å². The number of nitrogens with zero attached hydrogens (tertiary/aromatic N) is 1. The summed E-state index contributed by atoms with van der Waals surface area (Å²) in [6, 6.07) is 6.09. The highest BCUT2D eigenvalue weighted by Gasteiger charge is 2.15. The third-order valence-corrected chi connectivity index (χ3v) is 3.20. The molecular formula is C13H17NO2. The Labute approximate surface area is 95.7 Å². The molecule has 0 aliphatic carbocycles. The van der Waals surface area contributed by atoms with Crippen LogP contribution < -0.4 is 0 Å². The molecule has 3 heteroatoms. The fourth-order valence-electron chi connectivity index (χ4n) is 2.19. The zero-order valence-electron chi connectivity index (χ0n) is 9.57. The van der Waals surface area contributed by atoms with E-state index in [1.165, 1.54) is 11.1 Å². The minimum Gasteiger partial charge on any atom is -0.392 e. The molecule has 1 amide bonds. The molecule has 1 heterocycles. The second kappa shape index (κ2) is 4.66. The van der Waals surface area contributed by atoms with Crippen molar-refractivity contribution in [2.45, 2.75) is 26.4 Å². The van der Waals surface area contributed by atoms with Gasteiger partial charge >= 0.3 is 0 Å². The average Bonchev–Trinajstić information content (AvgIpc) is 2.50. The van der Waals surface area contributed by atoms with E-state index in [0.29, 0.717) is 0 Å². The first kappa shape index (κ1) is 11.1. The summed E-state index contributed by atoms with van der Waals surface area (Å²) in [5.41, 5.74) is 3.53. The van der Waals surface area contributed by atoms with E-state index < -0.39 is 0 Å². The number of hydrogen-bond acceptors (Lipinski definition) is 2. The lowest BCUT2D eigenvalue weighted by Crippen LogP contribution is -2.30. The molecule has 0 atom stereocenters. The first-order valence-electron chi connectivity index (χ1n) is 5.68. The van der Waals surface area contributed by atoms with Gasteiger partial charge in [-0.3, -0.25) is 4.79 Å². The van der Waals surface area contributed by atoms with Gasteiger partial charge in [-0.15, -0.1) is 0 Å². The first-order chi connectivity index (χ1) is 7.70. The zero-order valence-corrected chi connectivity index (χ0v) is 9.57. The molecule has 0 unspecified atom stereocenters. The molecule has 2 rings (SSSR count). The number of fused-ring (bicyclic) bond motifs is 1. The molecule has 0 saturated carbocycles. The Morgan fingerprint density at radius 3 is 2.62 bits per heavy atom. The topological polar surface area (TPSA) is 40.5 Å². The lowest BCUT2D eigenvalue weighted by molar-refractivity contribution is -0.128. The summed E-state index contributed by atoms with van der Waals surface area (Å²) in [5, 5.41) is 9.09. The van der Waals surface area contributed by atoms with Crippen LogP contribution in [0.15, 0.2) is 18.2 Å². The fraction of sp³-hybridized carbons (Fsp3) is 0.462. The van der Waals surface area contributed by atoms with E-state index in [4.69, 9.17) is 5.11 Å². The Balaban J connectivity index is 2.20. The molecule has 1 N–H and O–H groups in total. The fourth-order valence-corrected chi connectivity index (χ4v) is 2.19. The maximum atomic E-state index is 11.3. The predicted molar refractivity (Wildman–Crippen MR) is 62.0 cm³/mol. The van der Waals surface area contributed by atoms with Gasteiger partial charge in [-0.1, -0.05) is 18.2 Å². The Bertz CT molecular complexity index is 401. The van der Waals surface area contributed by atoms with Crippen LogP contribution in [0.3, 0.4) is 0 Å². The Morgan fingerprint density at radius 2 is 2.00 bits per heavy atom. The summed E-state index contributed by atoms with van der Waals surface area (Å²) < 4.78 is 0. The summed E-state index contributed by atoms with van der Waals surface area (Å²) in [6.45, 7) is 3.30. The number of rotatable bonds is 1. The van der Waals surface area contributed by atoms with Crippen molar-refractivity contribution in [1.82, 2.24) is 4.90 Å². The molecule has 3 nitrogen and oxygen atoms in total. The second-order valence-electron chi connectivity index (χ2n) is 4.27. The highest BCUT2D eigenvalue weighted by molar-refractivity contribution is 5.73. The quantitative estimate of drug-likeness (QED) is 0.769. The largest absolute Gasteiger partial charge is 0.392 e. The van der Waals surface area contributed by atoms with Crippen molar-refractivity contribution in [3.8, 4) is 0 Å². The minimum absolute atomic E-state index is 0.0870. The number of amides is 1. The van der Waals surface area contributed by atoms with Crippen LogP contribution in [-0.4, -0.2) is 29.0 Å². The van der Waals surface area contributed by atoms with Gasteiger partial charge in [-0.25, -0.2) is 0 Å². The van der Waals surface area contributed by atoms with Crippen molar-refractivity contribution in [3.05, 3.63) is 34.9 Å². The maximum absolute atomic E-state index is 11.3. The molecule has 0 radical (unpaired) electrons. The van der Waals surface area contributed by atoms with Crippen LogP contribution in [-0.2, 0) is 24.2 Å². The first-order valence-corrected chi connectivity index (χ1v) is 5.68. The SMILES string of the molecule is CC(=O)N1CCc2ccc(CO)cc2CC1. The van der Waals surface area contributed by atoms with E-state index >= 15 is 0 Å². The van der Waals surface area contributed by atoms with Crippen LogP contribution in [0.2, 0.25) is 0 Å². The Kier molecular flexibility index (Phi) is 3.25. The summed E-state index contributed by atoms with van der Waals surface area (Å²) in [6.07, 6.45) is 1.81. The molecule has 0 fully saturated rings. The molecule has 0 bridgehead atoms. The molecule has 1 aliphatic heterocycles. The van der Waals surface area contributed by atoms with Crippen LogP contribution in [0.25, 0.3) is 0 Å². The molecule has 16 heavy (non-hydrogen) atoms. The van der Waals surface area contributed by atoms with Gasteiger partial charge < -0.3 is 10.0 Å². The van der Waals surface area contributed by atoms with Gasteiger partial charge in [0.25, 0.3) is 0 Å². The van der Waals surface area contributed by atoms with Crippen LogP contribution >= 0.6 is 0 Å². The third kappa shape index (κ3) is 2.25. The zero-order chi connectivity index (χ0) is 11.5. The van der Waals surface area contributed by atoms with Gasteiger partial charge in [0.15, 0.2) is 0 Å². The van der Waals surface area contributed by atoms with Gasteiger partial charge in [0.2, 0.25) is 5.91 Å². The number of aliphatic hydroxyl groups is 1. The molecule has 0 aromatic heterocycles. The summed E-state index contributed by atoms with van der Waals surface area (Å²) in [4.78, 5) is 13.2. The standard InChI is InChI=1S/C13H17NO2/c1-10(16)14-6-4-12-3-2-11(9-15)8-13(12)5-7-14/h2-3,8,15H,4-7,9H2,1H3. The van der Waals surface area contributed by atoms with Crippen molar-refractivity contribution in [3.63, 3.8) is 0 Å². The van der Waals surface area contributed by atoms with Gasteiger partial charge in [0.05, 0.1) is 6.61 Å². The van der Waals surface area contributed by atoms with Crippen molar-refractivity contribution in [2.75, 3.05) is 13.1 Å². The van der Waals surface area contributed by atoms with Crippen molar-refractivity contribution >= 4 is 5.91 Å². The molecule has 1 aliphatic rings. The average molecular weight is 219 g/mol. The monoisotopic (exact) mass is 219 g/mol. The normalized spacial score (nSPS) is 15.5. The van der Waals surface area contributed by atoms with Crippen LogP contribution in [0.5, 0.6) is 0 Å². The summed E-state index contributed by atoms with van der Waals surface area (Å²) in [5.74, 6) is 0.148.